The Kier molecular flexibility index (Phi) is 4.28. The molecule has 0 atom stereocenters. The summed E-state index contributed by atoms with van der Waals surface area (Å²) >= 11 is 0. The molecule has 0 amide bonds. The molecule has 0 saturated heterocycles. The molecule has 15 heavy (non-hydrogen) atoms. The summed E-state index contributed by atoms with van der Waals surface area (Å²) in [5.74, 6) is -0.157. The van der Waals surface area contributed by atoms with E-state index in [4.69, 9.17) is 5.73 Å². The number of benzene rings is 1. The summed E-state index contributed by atoms with van der Waals surface area (Å²) in [6.45, 7) is 4.94. The van der Waals surface area contributed by atoms with Crippen molar-refractivity contribution < 1.29 is 4.39 Å². The van der Waals surface area contributed by atoms with Crippen LogP contribution >= 0.6 is 0 Å². The molecule has 0 aliphatic rings. The summed E-state index contributed by atoms with van der Waals surface area (Å²) < 4.78 is 13.2. The Balaban J connectivity index is 3.07. The van der Waals surface area contributed by atoms with Gasteiger partial charge in [0.1, 0.15) is 5.82 Å². The zero-order valence-corrected chi connectivity index (χ0v) is 9.59. The standard InChI is InChI=1S/C13H20FN/c1-3-13(4-2,8-9-15)11-6-5-7-12(14)10-11/h5-7,10H,3-4,8-9,15H2,1-2H3. The van der Waals surface area contributed by atoms with Crippen LogP contribution in [0.3, 0.4) is 0 Å². The lowest BCUT2D eigenvalue weighted by atomic mass is 9.73. The van der Waals surface area contributed by atoms with Crippen molar-refractivity contribution in [3.8, 4) is 0 Å². The highest BCUT2D eigenvalue weighted by molar-refractivity contribution is 5.26. The van der Waals surface area contributed by atoms with Gasteiger partial charge in [0.2, 0.25) is 0 Å². The van der Waals surface area contributed by atoms with E-state index in [9.17, 15) is 4.39 Å². The number of nitrogens with two attached hydrogens (primary N) is 1. The molecule has 0 spiro atoms. The van der Waals surface area contributed by atoms with Crippen molar-refractivity contribution in [2.24, 2.45) is 5.73 Å². The Morgan fingerprint density at radius 3 is 2.40 bits per heavy atom. The Bertz CT molecular complexity index is 305. The maximum absolute atomic E-state index is 13.2. The summed E-state index contributed by atoms with van der Waals surface area (Å²) in [6.07, 6.45) is 2.93. The van der Waals surface area contributed by atoms with Gasteiger partial charge in [0.15, 0.2) is 0 Å². The summed E-state index contributed by atoms with van der Waals surface area (Å²) in [5.41, 5.74) is 6.78. The van der Waals surface area contributed by atoms with Crippen LogP contribution in [-0.2, 0) is 5.41 Å². The zero-order chi connectivity index (χ0) is 11.3. The van der Waals surface area contributed by atoms with Gasteiger partial charge in [-0.15, -0.1) is 0 Å². The number of rotatable bonds is 5. The van der Waals surface area contributed by atoms with Crippen molar-refractivity contribution in [2.75, 3.05) is 6.54 Å². The largest absolute Gasteiger partial charge is 0.330 e. The molecule has 0 aliphatic carbocycles. The van der Waals surface area contributed by atoms with E-state index in [1.807, 2.05) is 6.07 Å². The Labute approximate surface area is 91.5 Å². The lowest BCUT2D eigenvalue weighted by Crippen LogP contribution is -2.27. The minimum Gasteiger partial charge on any atom is -0.330 e. The number of halogens is 1. The smallest absolute Gasteiger partial charge is 0.123 e. The molecule has 1 aromatic rings. The fraction of sp³-hybridized carbons (Fsp3) is 0.538. The van der Waals surface area contributed by atoms with Crippen molar-refractivity contribution in [1.82, 2.24) is 0 Å². The lowest BCUT2D eigenvalue weighted by Gasteiger charge is -2.32. The summed E-state index contributed by atoms with van der Waals surface area (Å²) in [4.78, 5) is 0. The normalized spacial score (nSPS) is 11.7. The third kappa shape index (κ3) is 2.57. The van der Waals surface area contributed by atoms with Gasteiger partial charge >= 0.3 is 0 Å². The molecule has 84 valence electrons. The average molecular weight is 209 g/mol. The van der Waals surface area contributed by atoms with Crippen molar-refractivity contribution >= 4 is 0 Å². The van der Waals surface area contributed by atoms with Gasteiger partial charge in [-0.05, 0) is 48.9 Å². The van der Waals surface area contributed by atoms with Gasteiger partial charge in [-0.25, -0.2) is 4.39 Å². The topological polar surface area (TPSA) is 26.0 Å². The van der Waals surface area contributed by atoms with E-state index < -0.39 is 0 Å². The van der Waals surface area contributed by atoms with Gasteiger partial charge in [-0.1, -0.05) is 26.0 Å². The van der Waals surface area contributed by atoms with Crippen molar-refractivity contribution in [3.05, 3.63) is 35.6 Å². The predicted molar refractivity (Wildman–Crippen MR) is 62.3 cm³/mol. The highest BCUT2D eigenvalue weighted by atomic mass is 19.1. The van der Waals surface area contributed by atoms with E-state index in [0.717, 1.165) is 24.8 Å². The number of hydrogen-bond donors (Lipinski definition) is 1. The first-order valence-electron chi connectivity index (χ1n) is 5.64. The fourth-order valence-electron chi connectivity index (χ4n) is 2.25. The lowest BCUT2D eigenvalue weighted by molar-refractivity contribution is 0.369. The molecule has 0 unspecified atom stereocenters. The van der Waals surface area contributed by atoms with E-state index in [1.165, 1.54) is 6.07 Å². The average Bonchev–Trinajstić information content (AvgIpc) is 2.26. The molecule has 0 heterocycles. The highest BCUT2D eigenvalue weighted by Crippen LogP contribution is 2.34. The molecule has 0 aliphatic heterocycles. The fourth-order valence-corrected chi connectivity index (χ4v) is 2.25. The van der Waals surface area contributed by atoms with Crippen LogP contribution in [-0.4, -0.2) is 6.54 Å². The first-order chi connectivity index (χ1) is 7.18. The van der Waals surface area contributed by atoms with E-state index in [1.54, 1.807) is 12.1 Å². The van der Waals surface area contributed by atoms with Crippen LogP contribution in [0.25, 0.3) is 0 Å². The molecule has 1 nitrogen and oxygen atoms in total. The summed E-state index contributed by atoms with van der Waals surface area (Å²) in [6, 6.07) is 6.91. The van der Waals surface area contributed by atoms with E-state index in [0.29, 0.717) is 6.54 Å². The molecule has 2 heteroatoms. The Hall–Kier alpha value is -0.890. The van der Waals surface area contributed by atoms with Crippen molar-refractivity contribution in [1.29, 1.82) is 0 Å². The van der Waals surface area contributed by atoms with Crippen LogP contribution in [0, 0.1) is 5.82 Å². The second-order valence-corrected chi connectivity index (χ2v) is 4.04. The second kappa shape index (κ2) is 5.26. The number of hydrogen-bond acceptors (Lipinski definition) is 1. The molecule has 0 aromatic heterocycles. The minimum atomic E-state index is -0.157. The van der Waals surface area contributed by atoms with Gasteiger partial charge in [-0.2, -0.15) is 0 Å². The quantitative estimate of drug-likeness (QED) is 0.791. The van der Waals surface area contributed by atoms with Crippen molar-refractivity contribution in [3.63, 3.8) is 0 Å². The van der Waals surface area contributed by atoms with E-state index >= 15 is 0 Å². The molecule has 0 saturated carbocycles. The van der Waals surface area contributed by atoms with Gasteiger partial charge in [0.25, 0.3) is 0 Å². The van der Waals surface area contributed by atoms with E-state index in [-0.39, 0.29) is 11.2 Å². The molecule has 1 aromatic carbocycles. The van der Waals surface area contributed by atoms with Crippen molar-refractivity contribution in [2.45, 2.75) is 38.5 Å². The molecule has 0 bridgehead atoms. The van der Waals surface area contributed by atoms with Gasteiger partial charge in [0, 0.05) is 0 Å². The highest BCUT2D eigenvalue weighted by Gasteiger charge is 2.27. The monoisotopic (exact) mass is 209 g/mol. The van der Waals surface area contributed by atoms with Gasteiger partial charge < -0.3 is 5.73 Å². The maximum atomic E-state index is 13.2. The third-order valence-corrected chi connectivity index (χ3v) is 3.41. The minimum absolute atomic E-state index is 0.0524. The van der Waals surface area contributed by atoms with Crippen LogP contribution in [0.15, 0.2) is 24.3 Å². The SMILES string of the molecule is CCC(CC)(CCN)c1cccc(F)c1. The molecular formula is C13H20FN. The molecular weight excluding hydrogens is 189 g/mol. The third-order valence-electron chi connectivity index (χ3n) is 3.41. The Morgan fingerprint density at radius 2 is 1.93 bits per heavy atom. The van der Waals surface area contributed by atoms with Crippen LogP contribution in [0.4, 0.5) is 4.39 Å². The predicted octanol–water partition coefficient (Wildman–Crippen LogP) is 3.23. The Morgan fingerprint density at radius 1 is 1.27 bits per heavy atom. The molecule has 0 fully saturated rings. The summed E-state index contributed by atoms with van der Waals surface area (Å²) in [5, 5.41) is 0. The summed E-state index contributed by atoms with van der Waals surface area (Å²) in [7, 11) is 0. The maximum Gasteiger partial charge on any atom is 0.123 e. The van der Waals surface area contributed by atoms with Crippen LogP contribution in [0.1, 0.15) is 38.7 Å². The van der Waals surface area contributed by atoms with E-state index in [2.05, 4.69) is 13.8 Å². The first-order valence-corrected chi connectivity index (χ1v) is 5.64. The van der Waals surface area contributed by atoms with Crippen LogP contribution in [0.5, 0.6) is 0 Å². The van der Waals surface area contributed by atoms with Crippen LogP contribution in [0.2, 0.25) is 0 Å². The zero-order valence-electron chi connectivity index (χ0n) is 9.59. The second-order valence-electron chi connectivity index (χ2n) is 4.04. The molecule has 2 N–H and O–H groups in total. The van der Waals surface area contributed by atoms with Gasteiger partial charge in [0.05, 0.1) is 0 Å². The van der Waals surface area contributed by atoms with Crippen LogP contribution < -0.4 is 5.73 Å². The first kappa shape index (κ1) is 12.2. The van der Waals surface area contributed by atoms with Gasteiger partial charge in [-0.3, -0.25) is 0 Å². The molecule has 0 radical (unpaired) electrons. The molecule has 1 rings (SSSR count).